The molecule has 3 rings (SSSR count). The molecule has 2 aromatic heterocycles. The molecule has 1 aromatic carbocycles. The van der Waals surface area contributed by atoms with Gasteiger partial charge in [-0.25, -0.2) is 0 Å². The normalized spacial score (nSPS) is 10.5. The van der Waals surface area contributed by atoms with Crippen molar-refractivity contribution in [3.8, 4) is 5.88 Å². The van der Waals surface area contributed by atoms with E-state index in [9.17, 15) is 14.9 Å². The standard InChI is InChI=1S/C16H16N6O4/c1-10-5-3-4-6-11(10)9-21-8-7-12(20-21)17-15(23)13-14(22(24)25)16(26-2)19-18-13/h3-8H,9H2,1-2H3,(H,18,19)(H,17,20,23). The molecule has 1 amide bonds. The molecule has 0 unspecified atom stereocenters. The van der Waals surface area contributed by atoms with E-state index in [0.29, 0.717) is 6.54 Å². The molecule has 2 N–H and O–H groups in total. The van der Waals surface area contributed by atoms with Gasteiger partial charge in [-0.15, -0.1) is 5.10 Å². The number of nitrogens with one attached hydrogen (secondary N) is 2. The van der Waals surface area contributed by atoms with Crippen LogP contribution in [0.4, 0.5) is 11.5 Å². The molecular weight excluding hydrogens is 340 g/mol. The first kappa shape index (κ1) is 17.1. The summed E-state index contributed by atoms with van der Waals surface area (Å²) in [5.41, 5.74) is 1.40. The van der Waals surface area contributed by atoms with Gasteiger partial charge in [0.1, 0.15) is 0 Å². The van der Waals surface area contributed by atoms with Crippen LogP contribution in [-0.2, 0) is 6.54 Å². The van der Waals surface area contributed by atoms with Crippen LogP contribution in [0.2, 0.25) is 0 Å². The maximum atomic E-state index is 12.3. The molecule has 134 valence electrons. The minimum absolute atomic E-state index is 0.259. The van der Waals surface area contributed by atoms with E-state index in [1.807, 2.05) is 31.2 Å². The highest BCUT2D eigenvalue weighted by atomic mass is 16.6. The fourth-order valence-corrected chi connectivity index (χ4v) is 2.45. The van der Waals surface area contributed by atoms with Gasteiger partial charge in [-0.05, 0) is 18.1 Å². The number of benzene rings is 1. The van der Waals surface area contributed by atoms with Crippen molar-refractivity contribution in [2.75, 3.05) is 12.4 Å². The summed E-state index contributed by atoms with van der Waals surface area (Å²) < 4.78 is 6.45. The smallest absolute Gasteiger partial charge is 0.362 e. The monoisotopic (exact) mass is 356 g/mol. The number of anilines is 1. The summed E-state index contributed by atoms with van der Waals surface area (Å²) in [6, 6.07) is 9.51. The molecule has 10 heteroatoms. The molecule has 0 aliphatic rings. The zero-order valence-electron chi connectivity index (χ0n) is 14.1. The highest BCUT2D eigenvalue weighted by molar-refractivity contribution is 6.05. The van der Waals surface area contributed by atoms with Gasteiger partial charge in [0, 0.05) is 12.3 Å². The number of amides is 1. The molecule has 0 aliphatic heterocycles. The molecule has 10 nitrogen and oxygen atoms in total. The number of aryl methyl sites for hydroxylation is 1. The second-order valence-corrected chi connectivity index (χ2v) is 5.49. The number of carbonyl (C=O) groups is 1. The molecule has 3 aromatic rings. The molecule has 0 bridgehead atoms. The highest BCUT2D eigenvalue weighted by Gasteiger charge is 2.30. The quantitative estimate of drug-likeness (QED) is 0.514. The first-order valence-corrected chi connectivity index (χ1v) is 7.65. The van der Waals surface area contributed by atoms with Crippen LogP contribution >= 0.6 is 0 Å². The number of aromatic amines is 1. The Bertz CT molecular complexity index is 961. The van der Waals surface area contributed by atoms with E-state index in [1.54, 1.807) is 16.9 Å². The average molecular weight is 356 g/mol. The first-order valence-electron chi connectivity index (χ1n) is 7.65. The van der Waals surface area contributed by atoms with Gasteiger partial charge < -0.3 is 10.1 Å². The largest absolute Gasteiger partial charge is 0.475 e. The van der Waals surface area contributed by atoms with E-state index in [-0.39, 0.29) is 17.4 Å². The third-order valence-corrected chi connectivity index (χ3v) is 3.79. The van der Waals surface area contributed by atoms with Gasteiger partial charge in [0.2, 0.25) is 5.69 Å². The van der Waals surface area contributed by atoms with Gasteiger partial charge in [0.05, 0.1) is 18.6 Å². The Morgan fingerprint density at radius 1 is 1.38 bits per heavy atom. The van der Waals surface area contributed by atoms with Gasteiger partial charge in [-0.3, -0.25) is 24.7 Å². The lowest BCUT2D eigenvalue weighted by Gasteiger charge is -2.05. The van der Waals surface area contributed by atoms with Crippen molar-refractivity contribution in [3.63, 3.8) is 0 Å². The number of nitro groups is 1. The summed E-state index contributed by atoms with van der Waals surface area (Å²) in [6.07, 6.45) is 1.71. The number of H-pyrrole nitrogens is 1. The number of rotatable bonds is 6. The van der Waals surface area contributed by atoms with Crippen molar-refractivity contribution in [3.05, 3.63) is 63.5 Å². The molecule has 0 atom stereocenters. The first-order chi connectivity index (χ1) is 12.5. The minimum atomic E-state index is -0.728. The Labute approximate surface area is 147 Å². The van der Waals surface area contributed by atoms with Crippen molar-refractivity contribution in [2.24, 2.45) is 0 Å². The number of ether oxygens (including phenoxy) is 1. The predicted octanol–water partition coefficient (Wildman–Crippen LogP) is 2.13. The fraction of sp³-hybridized carbons (Fsp3) is 0.188. The van der Waals surface area contributed by atoms with E-state index in [2.05, 4.69) is 20.6 Å². The van der Waals surface area contributed by atoms with Gasteiger partial charge in [-0.1, -0.05) is 24.3 Å². The molecule has 0 saturated heterocycles. The van der Waals surface area contributed by atoms with Crippen LogP contribution in [0.5, 0.6) is 5.88 Å². The van der Waals surface area contributed by atoms with Crippen LogP contribution in [0.25, 0.3) is 0 Å². The lowest BCUT2D eigenvalue weighted by Crippen LogP contribution is -2.15. The maximum Gasteiger partial charge on any atom is 0.362 e. The minimum Gasteiger partial charge on any atom is -0.475 e. The number of hydrogen-bond donors (Lipinski definition) is 2. The predicted molar refractivity (Wildman–Crippen MR) is 92.3 cm³/mol. The maximum absolute atomic E-state index is 12.3. The van der Waals surface area contributed by atoms with Gasteiger partial charge in [-0.2, -0.15) is 5.10 Å². The second kappa shape index (κ2) is 7.05. The topological polar surface area (TPSA) is 128 Å². The lowest BCUT2D eigenvalue weighted by molar-refractivity contribution is -0.386. The molecule has 0 aliphatic carbocycles. The summed E-state index contributed by atoms with van der Waals surface area (Å²) in [5, 5.41) is 23.8. The highest BCUT2D eigenvalue weighted by Crippen LogP contribution is 2.28. The van der Waals surface area contributed by atoms with Gasteiger partial charge >= 0.3 is 11.6 Å². The molecular formula is C16H16N6O4. The lowest BCUT2D eigenvalue weighted by atomic mass is 10.1. The number of nitrogens with zero attached hydrogens (tertiary/aromatic N) is 4. The third-order valence-electron chi connectivity index (χ3n) is 3.79. The Hall–Kier alpha value is -3.69. The van der Waals surface area contributed by atoms with Crippen molar-refractivity contribution in [1.29, 1.82) is 0 Å². The van der Waals surface area contributed by atoms with Crippen LogP contribution in [0.15, 0.2) is 36.5 Å². The Balaban J connectivity index is 1.75. The summed E-state index contributed by atoms with van der Waals surface area (Å²) in [6.45, 7) is 2.55. The summed E-state index contributed by atoms with van der Waals surface area (Å²) >= 11 is 0. The number of hydrogen-bond acceptors (Lipinski definition) is 6. The molecule has 0 fully saturated rings. The van der Waals surface area contributed by atoms with Crippen LogP contribution in [0.1, 0.15) is 21.6 Å². The molecule has 0 saturated carbocycles. The molecule has 0 spiro atoms. The van der Waals surface area contributed by atoms with Crippen molar-refractivity contribution >= 4 is 17.4 Å². The van der Waals surface area contributed by atoms with Crippen LogP contribution in [0, 0.1) is 17.0 Å². The summed E-state index contributed by atoms with van der Waals surface area (Å²) in [4.78, 5) is 22.7. The summed E-state index contributed by atoms with van der Waals surface area (Å²) in [7, 11) is 1.23. The van der Waals surface area contributed by atoms with E-state index in [1.165, 1.54) is 7.11 Å². The molecule has 2 heterocycles. The number of carbonyl (C=O) groups excluding carboxylic acids is 1. The zero-order valence-corrected chi connectivity index (χ0v) is 14.1. The van der Waals surface area contributed by atoms with Crippen LogP contribution in [-0.4, -0.2) is 37.9 Å². The molecule has 0 radical (unpaired) electrons. The Morgan fingerprint density at radius 2 is 2.15 bits per heavy atom. The second-order valence-electron chi connectivity index (χ2n) is 5.49. The van der Waals surface area contributed by atoms with Gasteiger partial charge in [0.15, 0.2) is 5.82 Å². The average Bonchev–Trinajstić information content (AvgIpc) is 3.23. The van der Waals surface area contributed by atoms with Gasteiger partial charge in [0.25, 0.3) is 5.91 Å². The van der Waals surface area contributed by atoms with Crippen LogP contribution < -0.4 is 10.1 Å². The Morgan fingerprint density at radius 3 is 2.85 bits per heavy atom. The fourth-order valence-electron chi connectivity index (χ4n) is 2.45. The number of methoxy groups -OCH3 is 1. The van der Waals surface area contributed by atoms with Crippen molar-refractivity contribution < 1.29 is 14.5 Å². The van der Waals surface area contributed by atoms with Crippen molar-refractivity contribution in [2.45, 2.75) is 13.5 Å². The van der Waals surface area contributed by atoms with Crippen LogP contribution in [0.3, 0.4) is 0 Å². The van der Waals surface area contributed by atoms with E-state index in [0.717, 1.165) is 11.1 Å². The number of aromatic nitrogens is 4. The van der Waals surface area contributed by atoms with Crippen molar-refractivity contribution in [1.82, 2.24) is 20.0 Å². The van der Waals surface area contributed by atoms with E-state index in [4.69, 9.17) is 4.74 Å². The Kier molecular flexibility index (Phi) is 4.65. The van der Waals surface area contributed by atoms with E-state index < -0.39 is 16.5 Å². The third kappa shape index (κ3) is 3.38. The SMILES string of the molecule is COc1n[nH]c(C(=O)Nc2ccn(Cc3ccccc3C)n2)c1[N+](=O)[O-]. The summed E-state index contributed by atoms with van der Waals surface area (Å²) in [5.74, 6) is -0.717. The van der Waals surface area contributed by atoms with E-state index >= 15 is 0 Å². The zero-order chi connectivity index (χ0) is 18.7. The molecule has 26 heavy (non-hydrogen) atoms.